The van der Waals surface area contributed by atoms with Crippen LogP contribution in [0.5, 0.6) is 5.75 Å². The molecule has 3 N–H and O–H groups in total. The van der Waals surface area contributed by atoms with Gasteiger partial charge >= 0.3 is 0 Å². The van der Waals surface area contributed by atoms with Crippen LogP contribution < -0.4 is 10.9 Å². The summed E-state index contributed by atoms with van der Waals surface area (Å²) in [4.78, 5) is 0. The zero-order chi connectivity index (χ0) is 20.3. The van der Waals surface area contributed by atoms with Crippen LogP contribution in [0.25, 0.3) is 0 Å². The van der Waals surface area contributed by atoms with Gasteiger partial charge in [0, 0.05) is 0 Å². The Kier molecular flexibility index (Phi) is 7.63. The van der Waals surface area contributed by atoms with Crippen molar-refractivity contribution in [3.05, 3.63) is 78.4 Å². The first-order chi connectivity index (χ1) is 14.2. The van der Waals surface area contributed by atoms with Crippen molar-refractivity contribution >= 4 is 22.7 Å². The number of hydrazine groups is 1. The second kappa shape index (κ2) is 10.9. The highest BCUT2D eigenvalue weighted by Gasteiger charge is 1.97. The standard InChI is InChI=1S/C24H28N4O/c1-2-3-4-5-6-19-7-9-20(10-8-19)25-26-21-11-13-22(14-12-21)27-28-23-15-17-24(29)18-16-23/h7-18,27-29H,2-6H2,1H3/b26-25+. The predicted octanol–water partition coefficient (Wildman–Crippen LogP) is 7.37. The number of anilines is 2. The molecule has 0 aromatic heterocycles. The minimum Gasteiger partial charge on any atom is -0.508 e. The number of rotatable bonds is 10. The molecule has 0 spiro atoms. The highest BCUT2D eigenvalue weighted by molar-refractivity contribution is 5.56. The molecule has 0 atom stereocenters. The first-order valence-corrected chi connectivity index (χ1v) is 10.1. The van der Waals surface area contributed by atoms with Crippen LogP contribution in [0.4, 0.5) is 22.7 Å². The molecule has 150 valence electrons. The third-order valence-electron chi connectivity index (χ3n) is 4.62. The molecule has 0 aliphatic rings. The van der Waals surface area contributed by atoms with Crippen LogP contribution in [0.15, 0.2) is 83.0 Å². The third-order valence-corrected chi connectivity index (χ3v) is 4.62. The van der Waals surface area contributed by atoms with E-state index in [0.29, 0.717) is 0 Å². The number of aromatic hydroxyl groups is 1. The van der Waals surface area contributed by atoms with Crippen molar-refractivity contribution < 1.29 is 5.11 Å². The number of phenols is 1. The average molecular weight is 389 g/mol. The third kappa shape index (κ3) is 6.96. The molecular weight excluding hydrogens is 360 g/mol. The summed E-state index contributed by atoms with van der Waals surface area (Å²) in [5.74, 6) is 0.242. The number of nitrogens with one attached hydrogen (secondary N) is 2. The van der Waals surface area contributed by atoms with E-state index in [2.05, 4.69) is 40.1 Å². The average Bonchev–Trinajstić information content (AvgIpc) is 2.76. The Morgan fingerprint density at radius 3 is 1.72 bits per heavy atom. The summed E-state index contributed by atoms with van der Waals surface area (Å²) < 4.78 is 0. The molecule has 29 heavy (non-hydrogen) atoms. The van der Waals surface area contributed by atoms with Crippen LogP contribution in [-0.2, 0) is 6.42 Å². The summed E-state index contributed by atoms with van der Waals surface area (Å²) in [6, 6.07) is 22.9. The molecular formula is C24H28N4O. The van der Waals surface area contributed by atoms with Crippen LogP contribution in [0.3, 0.4) is 0 Å². The minimum atomic E-state index is 0.242. The molecule has 5 nitrogen and oxygen atoms in total. The Balaban J connectivity index is 1.48. The fraction of sp³-hybridized carbons (Fsp3) is 0.250. The zero-order valence-electron chi connectivity index (χ0n) is 16.8. The van der Waals surface area contributed by atoms with Crippen molar-refractivity contribution in [2.45, 2.75) is 39.0 Å². The van der Waals surface area contributed by atoms with Gasteiger partial charge in [-0.15, -0.1) is 0 Å². The van der Waals surface area contributed by atoms with Crippen molar-refractivity contribution in [2.24, 2.45) is 10.2 Å². The van der Waals surface area contributed by atoms with E-state index in [1.807, 2.05) is 36.4 Å². The molecule has 0 saturated carbocycles. The first kappa shape index (κ1) is 20.4. The summed E-state index contributed by atoms with van der Waals surface area (Å²) >= 11 is 0. The van der Waals surface area contributed by atoms with Crippen LogP contribution in [-0.4, -0.2) is 5.11 Å². The van der Waals surface area contributed by atoms with E-state index >= 15 is 0 Å². The Morgan fingerprint density at radius 2 is 1.17 bits per heavy atom. The van der Waals surface area contributed by atoms with E-state index < -0.39 is 0 Å². The lowest BCUT2D eigenvalue weighted by molar-refractivity contribution is 0.475. The van der Waals surface area contributed by atoms with E-state index in [9.17, 15) is 5.11 Å². The van der Waals surface area contributed by atoms with Gasteiger partial charge in [-0.05, 0) is 79.1 Å². The number of aryl methyl sites for hydroxylation is 1. The van der Waals surface area contributed by atoms with E-state index in [1.165, 1.54) is 31.2 Å². The Hall–Kier alpha value is -3.34. The smallest absolute Gasteiger partial charge is 0.115 e. The summed E-state index contributed by atoms with van der Waals surface area (Å²) in [6.07, 6.45) is 6.26. The highest BCUT2D eigenvalue weighted by Crippen LogP contribution is 2.22. The number of nitrogens with zero attached hydrogens (tertiary/aromatic N) is 2. The summed E-state index contributed by atoms with van der Waals surface area (Å²) in [7, 11) is 0. The molecule has 3 aromatic rings. The number of phenolic OH excluding ortho intramolecular Hbond substituents is 1. The topological polar surface area (TPSA) is 69.0 Å². The van der Waals surface area contributed by atoms with Crippen LogP contribution in [0.2, 0.25) is 0 Å². The number of unbranched alkanes of at least 4 members (excludes halogenated alkanes) is 3. The number of hydrogen-bond acceptors (Lipinski definition) is 5. The van der Waals surface area contributed by atoms with Gasteiger partial charge in [-0.1, -0.05) is 38.3 Å². The summed E-state index contributed by atoms with van der Waals surface area (Å²) in [5, 5.41) is 17.9. The van der Waals surface area contributed by atoms with Gasteiger partial charge < -0.3 is 16.0 Å². The lowest BCUT2D eigenvalue weighted by atomic mass is 10.1. The fourth-order valence-electron chi connectivity index (χ4n) is 2.90. The van der Waals surface area contributed by atoms with Crippen LogP contribution in [0, 0.1) is 0 Å². The van der Waals surface area contributed by atoms with E-state index in [4.69, 9.17) is 0 Å². The summed E-state index contributed by atoms with van der Waals surface area (Å²) in [5.41, 5.74) is 11.0. The summed E-state index contributed by atoms with van der Waals surface area (Å²) in [6.45, 7) is 2.23. The molecule has 0 radical (unpaired) electrons. The molecule has 0 heterocycles. The maximum atomic E-state index is 9.30. The maximum Gasteiger partial charge on any atom is 0.115 e. The zero-order valence-corrected chi connectivity index (χ0v) is 16.8. The van der Waals surface area contributed by atoms with Gasteiger partial charge in [0.1, 0.15) is 5.75 Å². The largest absolute Gasteiger partial charge is 0.508 e. The molecule has 0 fully saturated rings. The second-order valence-electron chi connectivity index (χ2n) is 7.02. The second-order valence-corrected chi connectivity index (χ2v) is 7.02. The lowest BCUT2D eigenvalue weighted by Gasteiger charge is -2.09. The molecule has 0 aliphatic carbocycles. The lowest BCUT2D eigenvalue weighted by Crippen LogP contribution is -2.07. The van der Waals surface area contributed by atoms with Gasteiger partial charge in [-0.2, -0.15) is 10.2 Å². The first-order valence-electron chi connectivity index (χ1n) is 10.1. The molecule has 0 amide bonds. The van der Waals surface area contributed by atoms with Crippen molar-refractivity contribution in [1.82, 2.24) is 0 Å². The Bertz CT molecular complexity index is 888. The molecule has 0 aliphatic heterocycles. The van der Waals surface area contributed by atoms with Crippen molar-refractivity contribution in [3.8, 4) is 5.75 Å². The number of hydrogen-bond donors (Lipinski definition) is 3. The van der Waals surface area contributed by atoms with E-state index in [0.717, 1.165) is 29.2 Å². The van der Waals surface area contributed by atoms with Gasteiger partial charge in [-0.25, -0.2) is 0 Å². The van der Waals surface area contributed by atoms with E-state index in [1.54, 1.807) is 24.3 Å². The fourth-order valence-corrected chi connectivity index (χ4v) is 2.90. The van der Waals surface area contributed by atoms with Crippen LogP contribution >= 0.6 is 0 Å². The van der Waals surface area contributed by atoms with Gasteiger partial charge in [0.05, 0.1) is 22.7 Å². The normalized spacial score (nSPS) is 10.9. The van der Waals surface area contributed by atoms with Gasteiger partial charge in [0.25, 0.3) is 0 Å². The van der Waals surface area contributed by atoms with Crippen molar-refractivity contribution in [2.75, 3.05) is 10.9 Å². The van der Waals surface area contributed by atoms with Crippen molar-refractivity contribution in [1.29, 1.82) is 0 Å². The molecule has 3 aromatic carbocycles. The number of azo groups is 1. The minimum absolute atomic E-state index is 0.242. The number of benzene rings is 3. The van der Waals surface area contributed by atoms with Gasteiger partial charge in [-0.3, -0.25) is 0 Å². The Labute approximate surface area is 172 Å². The molecule has 3 rings (SSSR count). The van der Waals surface area contributed by atoms with Crippen molar-refractivity contribution in [3.63, 3.8) is 0 Å². The monoisotopic (exact) mass is 388 g/mol. The Morgan fingerprint density at radius 1 is 0.655 bits per heavy atom. The molecule has 5 heteroatoms. The highest BCUT2D eigenvalue weighted by atomic mass is 16.3. The van der Waals surface area contributed by atoms with Gasteiger partial charge in [0.15, 0.2) is 0 Å². The quantitative estimate of drug-likeness (QED) is 0.147. The molecule has 0 bridgehead atoms. The SMILES string of the molecule is CCCCCCc1ccc(/N=N/c2ccc(NNc3ccc(O)cc3)cc2)cc1. The van der Waals surface area contributed by atoms with Crippen LogP contribution in [0.1, 0.15) is 38.2 Å². The van der Waals surface area contributed by atoms with Gasteiger partial charge in [0.2, 0.25) is 0 Å². The maximum absolute atomic E-state index is 9.30. The van der Waals surface area contributed by atoms with E-state index in [-0.39, 0.29) is 5.75 Å². The predicted molar refractivity (Wildman–Crippen MR) is 120 cm³/mol. The molecule has 0 saturated heterocycles. The molecule has 0 unspecified atom stereocenters.